The predicted octanol–water partition coefficient (Wildman–Crippen LogP) is 3.06. The number of benzene rings is 2. The number of hydrogen-bond acceptors (Lipinski definition) is 7. The van der Waals surface area contributed by atoms with Crippen molar-refractivity contribution in [3.05, 3.63) is 62.2 Å². The molecule has 2 rings (SSSR count). The second kappa shape index (κ2) is 8.58. The van der Waals surface area contributed by atoms with Crippen molar-refractivity contribution < 1.29 is 27.7 Å². The quantitative estimate of drug-likeness (QED) is 0.414. The summed E-state index contributed by atoms with van der Waals surface area (Å²) in [4.78, 5) is 33.9. The molecule has 0 aromatic heterocycles. The van der Waals surface area contributed by atoms with E-state index in [2.05, 4.69) is 5.32 Å². The van der Waals surface area contributed by atoms with Crippen molar-refractivity contribution in [2.45, 2.75) is 18.7 Å². The molecule has 11 heteroatoms. The van der Waals surface area contributed by atoms with Crippen LogP contribution in [0.2, 0.25) is 5.02 Å². The van der Waals surface area contributed by atoms with Crippen molar-refractivity contribution in [3.63, 3.8) is 0 Å². The summed E-state index contributed by atoms with van der Waals surface area (Å²) >= 11 is 6.10. The van der Waals surface area contributed by atoms with Gasteiger partial charge in [0.1, 0.15) is 4.90 Å². The summed E-state index contributed by atoms with van der Waals surface area (Å²) in [5.74, 6) is -1.68. The number of carbonyl (C=O) groups excluding carboxylic acids is 2. The summed E-state index contributed by atoms with van der Waals surface area (Å²) in [7, 11) is -3.86. The molecule has 2 aromatic rings. The first-order valence-corrected chi connectivity index (χ1v) is 10.4. The van der Waals surface area contributed by atoms with E-state index < -0.39 is 43.8 Å². The van der Waals surface area contributed by atoms with Crippen molar-refractivity contribution in [2.24, 2.45) is 0 Å². The predicted molar refractivity (Wildman–Crippen MR) is 106 cm³/mol. The number of halogens is 1. The molecule has 1 N–H and O–H groups in total. The van der Waals surface area contributed by atoms with Crippen LogP contribution in [0.25, 0.3) is 0 Å². The lowest BCUT2D eigenvalue weighted by Gasteiger charge is -2.12. The van der Waals surface area contributed by atoms with Crippen LogP contribution in [0.5, 0.6) is 0 Å². The van der Waals surface area contributed by atoms with Crippen LogP contribution in [0.4, 0.5) is 11.4 Å². The summed E-state index contributed by atoms with van der Waals surface area (Å²) in [5, 5.41) is 14.0. The second-order valence-corrected chi connectivity index (χ2v) is 8.67. The van der Waals surface area contributed by atoms with Gasteiger partial charge < -0.3 is 10.1 Å². The number of esters is 1. The highest BCUT2D eigenvalue weighted by Crippen LogP contribution is 2.27. The minimum Gasteiger partial charge on any atom is -0.452 e. The van der Waals surface area contributed by atoms with Gasteiger partial charge in [-0.2, -0.15) is 0 Å². The van der Waals surface area contributed by atoms with Crippen LogP contribution in [0.15, 0.2) is 35.2 Å². The fourth-order valence-electron chi connectivity index (χ4n) is 2.56. The highest BCUT2D eigenvalue weighted by atomic mass is 35.5. The molecular weight excluding hydrogens is 424 g/mol. The van der Waals surface area contributed by atoms with Crippen LogP contribution >= 0.6 is 11.6 Å². The molecule has 0 heterocycles. The number of rotatable bonds is 6. The first-order valence-electron chi connectivity index (χ1n) is 8.12. The molecule has 0 saturated carbocycles. The van der Waals surface area contributed by atoms with E-state index in [1.807, 2.05) is 13.0 Å². The lowest BCUT2D eigenvalue weighted by Crippen LogP contribution is -2.21. The highest BCUT2D eigenvalue weighted by molar-refractivity contribution is 7.90. The average molecular weight is 441 g/mol. The van der Waals surface area contributed by atoms with Crippen molar-refractivity contribution in [1.82, 2.24) is 0 Å². The normalized spacial score (nSPS) is 11.0. The minimum atomic E-state index is -3.86. The van der Waals surface area contributed by atoms with Gasteiger partial charge >= 0.3 is 5.97 Å². The fraction of sp³-hybridized carbons (Fsp3) is 0.222. The van der Waals surface area contributed by atoms with Crippen LogP contribution in [0.1, 0.15) is 21.5 Å². The molecule has 0 atom stereocenters. The Bertz CT molecular complexity index is 1090. The van der Waals surface area contributed by atoms with Crippen molar-refractivity contribution in [2.75, 3.05) is 18.2 Å². The van der Waals surface area contributed by atoms with E-state index in [-0.39, 0.29) is 5.56 Å². The molecule has 0 fully saturated rings. The number of nitro benzene ring substituents is 1. The van der Waals surface area contributed by atoms with Crippen molar-refractivity contribution in [3.8, 4) is 0 Å². The zero-order valence-electron chi connectivity index (χ0n) is 15.7. The molecule has 0 aliphatic carbocycles. The van der Waals surface area contributed by atoms with Gasteiger partial charge in [0, 0.05) is 12.3 Å². The van der Waals surface area contributed by atoms with Gasteiger partial charge in [-0.1, -0.05) is 17.7 Å². The minimum absolute atomic E-state index is 0.263. The Hall–Kier alpha value is -2.98. The summed E-state index contributed by atoms with van der Waals surface area (Å²) in [6, 6.07) is 6.29. The van der Waals surface area contributed by atoms with Crippen LogP contribution in [0, 0.1) is 24.0 Å². The molecule has 0 unspecified atom stereocenters. The molecule has 0 spiro atoms. The van der Waals surface area contributed by atoms with E-state index in [4.69, 9.17) is 16.3 Å². The van der Waals surface area contributed by atoms with Gasteiger partial charge in [0.05, 0.1) is 21.2 Å². The molecule has 2 aromatic carbocycles. The van der Waals surface area contributed by atoms with Gasteiger partial charge in [-0.3, -0.25) is 14.9 Å². The summed E-state index contributed by atoms with van der Waals surface area (Å²) in [6.45, 7) is 2.94. The van der Waals surface area contributed by atoms with E-state index in [0.29, 0.717) is 10.7 Å². The van der Waals surface area contributed by atoms with Crippen molar-refractivity contribution in [1.29, 1.82) is 0 Å². The third-order valence-electron chi connectivity index (χ3n) is 3.82. The monoisotopic (exact) mass is 440 g/mol. The van der Waals surface area contributed by atoms with Crippen LogP contribution in [0.3, 0.4) is 0 Å². The van der Waals surface area contributed by atoms with Crippen LogP contribution in [-0.2, 0) is 19.4 Å². The zero-order chi connectivity index (χ0) is 21.9. The van der Waals surface area contributed by atoms with Crippen molar-refractivity contribution >= 4 is 44.7 Å². The number of amides is 1. The molecule has 0 radical (unpaired) electrons. The number of nitrogens with one attached hydrogen (secondary N) is 1. The Morgan fingerprint density at radius 2 is 1.86 bits per heavy atom. The third kappa shape index (κ3) is 5.52. The van der Waals surface area contributed by atoms with Gasteiger partial charge in [-0.25, -0.2) is 13.2 Å². The Kier molecular flexibility index (Phi) is 6.60. The zero-order valence-corrected chi connectivity index (χ0v) is 17.3. The number of aryl methyl sites for hydroxylation is 2. The lowest BCUT2D eigenvalue weighted by atomic mass is 10.1. The maximum atomic E-state index is 12.1. The number of anilines is 1. The molecule has 1 amide bonds. The smallest absolute Gasteiger partial charge is 0.338 e. The van der Waals surface area contributed by atoms with Gasteiger partial charge in [0.15, 0.2) is 16.4 Å². The van der Waals surface area contributed by atoms with Gasteiger partial charge in [-0.15, -0.1) is 0 Å². The van der Waals surface area contributed by atoms with Gasteiger partial charge in [-0.05, 0) is 43.2 Å². The maximum Gasteiger partial charge on any atom is 0.338 e. The van der Waals surface area contributed by atoms with E-state index in [1.165, 1.54) is 0 Å². The van der Waals surface area contributed by atoms with E-state index in [0.717, 1.165) is 35.6 Å². The number of hydrogen-bond donors (Lipinski definition) is 1. The molecule has 29 heavy (non-hydrogen) atoms. The summed E-state index contributed by atoms with van der Waals surface area (Å²) in [5.41, 5.74) is 0.999. The number of ether oxygens (including phenoxy) is 1. The van der Waals surface area contributed by atoms with E-state index >= 15 is 0 Å². The van der Waals surface area contributed by atoms with Crippen LogP contribution < -0.4 is 5.32 Å². The molecule has 0 saturated heterocycles. The number of carbonyl (C=O) groups is 2. The third-order valence-corrected chi connectivity index (χ3v) is 5.26. The molecular formula is C18H17ClN2O7S. The molecule has 154 valence electrons. The van der Waals surface area contributed by atoms with Gasteiger partial charge in [0.2, 0.25) is 0 Å². The molecule has 0 bridgehead atoms. The largest absolute Gasteiger partial charge is 0.452 e. The Labute approximate surface area is 171 Å². The highest BCUT2D eigenvalue weighted by Gasteiger charge is 2.24. The number of nitro groups is 1. The fourth-order valence-corrected chi connectivity index (χ4v) is 3.76. The van der Waals surface area contributed by atoms with Gasteiger partial charge in [0.25, 0.3) is 11.6 Å². The Morgan fingerprint density at radius 1 is 1.21 bits per heavy atom. The topological polar surface area (TPSA) is 133 Å². The number of sulfone groups is 1. The average Bonchev–Trinajstić information content (AvgIpc) is 2.61. The van der Waals surface area contributed by atoms with E-state index in [9.17, 15) is 28.1 Å². The SMILES string of the molecule is Cc1cc(C)c(NC(=O)COC(=O)c2ccc(S(C)(=O)=O)c([N+](=O)[O-])c2)c(Cl)c1. The molecule has 0 aliphatic rings. The first-order chi connectivity index (χ1) is 13.4. The first kappa shape index (κ1) is 22.3. The maximum absolute atomic E-state index is 12.1. The molecule has 9 nitrogen and oxygen atoms in total. The van der Waals surface area contributed by atoms with E-state index in [1.54, 1.807) is 13.0 Å². The van der Waals surface area contributed by atoms with Crippen LogP contribution in [-0.4, -0.2) is 38.1 Å². The second-order valence-electron chi connectivity index (χ2n) is 6.27. The summed E-state index contributed by atoms with van der Waals surface area (Å²) < 4.78 is 28.1. The Morgan fingerprint density at radius 3 is 2.41 bits per heavy atom. The molecule has 0 aliphatic heterocycles. The number of nitrogens with zero attached hydrogens (tertiary/aromatic N) is 1. The standard InChI is InChI=1S/C18H17ClN2O7S/c1-10-6-11(2)17(13(19)7-10)20-16(22)9-28-18(23)12-4-5-15(29(3,26)27)14(8-12)21(24)25/h4-8H,9H2,1-3H3,(H,20,22). The summed E-state index contributed by atoms with van der Waals surface area (Å²) in [6.07, 6.45) is 0.815. The Balaban J connectivity index is 2.12. The lowest BCUT2D eigenvalue weighted by molar-refractivity contribution is -0.387.